The average Bonchev–Trinajstić information content (AvgIpc) is 3.06. The van der Waals surface area contributed by atoms with E-state index in [9.17, 15) is 0 Å². The molecule has 2 aromatic carbocycles. The Hall–Kier alpha value is -2.53. The first-order valence-electron chi connectivity index (χ1n) is 9.03. The van der Waals surface area contributed by atoms with Crippen LogP contribution in [0.1, 0.15) is 35.5 Å². The summed E-state index contributed by atoms with van der Waals surface area (Å²) in [4.78, 5) is 0. The highest BCUT2D eigenvalue weighted by Crippen LogP contribution is 2.28. The first-order valence-corrected chi connectivity index (χ1v) is 10.0. The molecule has 0 fully saturated rings. The molecule has 0 saturated heterocycles. The fraction of sp³-hybridized carbons (Fsp3) is 0.273. The van der Waals surface area contributed by atoms with Crippen molar-refractivity contribution < 1.29 is 4.74 Å². The van der Waals surface area contributed by atoms with Crippen molar-refractivity contribution >= 4 is 11.8 Å². The van der Waals surface area contributed by atoms with Crippen molar-refractivity contribution in [2.24, 2.45) is 0 Å². The summed E-state index contributed by atoms with van der Waals surface area (Å²) < 4.78 is 8.22. The summed E-state index contributed by atoms with van der Waals surface area (Å²) in [6, 6.07) is 16.6. The van der Waals surface area contributed by atoms with E-state index in [0.29, 0.717) is 6.54 Å². The number of ether oxygens (including phenoxy) is 1. The zero-order chi connectivity index (χ0) is 19.2. The number of allylic oxidation sites excluding steroid dienone is 1. The number of aryl methyl sites for hydroxylation is 2. The SMILES string of the molecule is C=CCn1c(SCc2ccc(C)cc2)nnc1C(C)Oc1ccccc1C. The standard InChI is InChI=1S/C22H25N3OS/c1-5-14-25-21(18(4)26-20-9-7-6-8-17(20)3)23-24-22(25)27-15-19-12-10-16(2)11-13-19/h5-13,18H,1,14-15H2,2-4H3. The van der Waals surface area contributed by atoms with Gasteiger partial charge in [0.1, 0.15) is 5.75 Å². The molecule has 4 nitrogen and oxygen atoms in total. The molecule has 5 heteroatoms. The summed E-state index contributed by atoms with van der Waals surface area (Å²) in [6.07, 6.45) is 1.66. The summed E-state index contributed by atoms with van der Waals surface area (Å²) >= 11 is 1.68. The number of nitrogens with zero attached hydrogens (tertiary/aromatic N) is 3. The number of para-hydroxylation sites is 1. The van der Waals surface area contributed by atoms with Crippen LogP contribution < -0.4 is 4.74 Å². The Morgan fingerprint density at radius 1 is 1.11 bits per heavy atom. The maximum absolute atomic E-state index is 6.14. The molecule has 0 amide bonds. The van der Waals surface area contributed by atoms with Crippen LogP contribution in [0.3, 0.4) is 0 Å². The van der Waals surface area contributed by atoms with Crippen LogP contribution in [0, 0.1) is 13.8 Å². The zero-order valence-electron chi connectivity index (χ0n) is 16.1. The van der Waals surface area contributed by atoms with Gasteiger partial charge in [-0.2, -0.15) is 0 Å². The molecule has 1 heterocycles. The average molecular weight is 380 g/mol. The zero-order valence-corrected chi connectivity index (χ0v) is 16.9. The fourth-order valence-electron chi connectivity index (χ4n) is 2.77. The van der Waals surface area contributed by atoms with Crippen LogP contribution >= 0.6 is 11.8 Å². The minimum absolute atomic E-state index is 0.202. The Kier molecular flexibility index (Phi) is 6.35. The molecule has 0 N–H and O–H groups in total. The van der Waals surface area contributed by atoms with Gasteiger partial charge in [-0.05, 0) is 38.0 Å². The molecule has 1 atom stereocenters. The largest absolute Gasteiger partial charge is 0.482 e. The van der Waals surface area contributed by atoms with Crippen LogP contribution in [-0.2, 0) is 12.3 Å². The Bertz CT molecular complexity index is 902. The Labute approximate surface area is 165 Å². The van der Waals surface area contributed by atoms with Crippen molar-refractivity contribution in [1.29, 1.82) is 0 Å². The molecule has 3 aromatic rings. The highest BCUT2D eigenvalue weighted by atomic mass is 32.2. The highest BCUT2D eigenvalue weighted by Gasteiger charge is 2.19. The molecule has 0 radical (unpaired) electrons. The van der Waals surface area contributed by atoms with E-state index >= 15 is 0 Å². The van der Waals surface area contributed by atoms with E-state index in [4.69, 9.17) is 4.74 Å². The van der Waals surface area contributed by atoms with Crippen LogP contribution in [-0.4, -0.2) is 14.8 Å². The second-order valence-corrected chi connectivity index (χ2v) is 7.48. The van der Waals surface area contributed by atoms with Gasteiger partial charge in [-0.3, -0.25) is 4.57 Å². The van der Waals surface area contributed by atoms with Gasteiger partial charge in [-0.1, -0.05) is 65.9 Å². The summed E-state index contributed by atoms with van der Waals surface area (Å²) in [5, 5.41) is 9.69. The van der Waals surface area contributed by atoms with Gasteiger partial charge in [0.25, 0.3) is 0 Å². The number of hydrogen-bond donors (Lipinski definition) is 0. The summed E-state index contributed by atoms with van der Waals surface area (Å²) in [7, 11) is 0. The molecule has 0 bridgehead atoms. The van der Waals surface area contributed by atoms with E-state index in [-0.39, 0.29) is 6.10 Å². The van der Waals surface area contributed by atoms with Crippen molar-refractivity contribution in [2.45, 2.75) is 44.3 Å². The molecule has 0 aliphatic heterocycles. The van der Waals surface area contributed by atoms with Crippen molar-refractivity contribution in [1.82, 2.24) is 14.8 Å². The monoisotopic (exact) mass is 379 g/mol. The smallest absolute Gasteiger partial charge is 0.191 e. The van der Waals surface area contributed by atoms with Crippen LogP contribution in [0.2, 0.25) is 0 Å². The van der Waals surface area contributed by atoms with Crippen molar-refractivity contribution in [3.8, 4) is 5.75 Å². The maximum atomic E-state index is 6.14. The molecule has 140 valence electrons. The molecule has 27 heavy (non-hydrogen) atoms. The van der Waals surface area contributed by atoms with Gasteiger partial charge in [0.2, 0.25) is 0 Å². The topological polar surface area (TPSA) is 39.9 Å². The molecule has 0 spiro atoms. The lowest BCUT2D eigenvalue weighted by molar-refractivity contribution is 0.209. The van der Waals surface area contributed by atoms with Gasteiger partial charge < -0.3 is 4.74 Å². The highest BCUT2D eigenvalue weighted by molar-refractivity contribution is 7.98. The van der Waals surface area contributed by atoms with E-state index in [1.165, 1.54) is 11.1 Å². The minimum Gasteiger partial charge on any atom is -0.482 e. The van der Waals surface area contributed by atoms with Crippen LogP contribution in [0.25, 0.3) is 0 Å². The molecular formula is C22H25N3OS. The van der Waals surface area contributed by atoms with Gasteiger partial charge in [0.05, 0.1) is 0 Å². The lowest BCUT2D eigenvalue weighted by Gasteiger charge is -2.17. The molecule has 1 unspecified atom stereocenters. The number of rotatable bonds is 8. The normalized spacial score (nSPS) is 12.0. The Balaban J connectivity index is 1.76. The van der Waals surface area contributed by atoms with Gasteiger partial charge >= 0.3 is 0 Å². The van der Waals surface area contributed by atoms with Crippen LogP contribution in [0.4, 0.5) is 0 Å². The number of hydrogen-bond acceptors (Lipinski definition) is 4. The lowest BCUT2D eigenvalue weighted by Crippen LogP contribution is -2.12. The minimum atomic E-state index is -0.202. The number of thioether (sulfide) groups is 1. The number of benzene rings is 2. The van der Waals surface area contributed by atoms with E-state index in [1.54, 1.807) is 11.8 Å². The maximum Gasteiger partial charge on any atom is 0.191 e. The van der Waals surface area contributed by atoms with Crippen LogP contribution in [0.15, 0.2) is 66.3 Å². The van der Waals surface area contributed by atoms with E-state index in [0.717, 1.165) is 28.0 Å². The summed E-state index contributed by atoms with van der Waals surface area (Å²) in [5.41, 5.74) is 3.64. The first kappa shape index (κ1) is 19.2. The Morgan fingerprint density at radius 2 is 1.85 bits per heavy atom. The second kappa shape index (κ2) is 8.91. The van der Waals surface area contributed by atoms with Gasteiger partial charge in [0, 0.05) is 12.3 Å². The third kappa shape index (κ3) is 4.80. The van der Waals surface area contributed by atoms with Crippen molar-refractivity contribution in [3.05, 3.63) is 83.7 Å². The third-order valence-electron chi connectivity index (χ3n) is 4.31. The molecule has 0 aliphatic carbocycles. The van der Waals surface area contributed by atoms with E-state index < -0.39 is 0 Å². The predicted molar refractivity (Wildman–Crippen MR) is 111 cm³/mol. The van der Waals surface area contributed by atoms with Gasteiger partial charge in [-0.25, -0.2) is 0 Å². The molecule has 0 aliphatic rings. The third-order valence-corrected chi connectivity index (χ3v) is 5.34. The van der Waals surface area contributed by atoms with Crippen molar-refractivity contribution in [3.63, 3.8) is 0 Å². The van der Waals surface area contributed by atoms with Gasteiger partial charge in [-0.15, -0.1) is 16.8 Å². The second-order valence-electron chi connectivity index (χ2n) is 6.54. The Morgan fingerprint density at radius 3 is 2.56 bits per heavy atom. The quantitative estimate of drug-likeness (QED) is 0.382. The fourth-order valence-corrected chi connectivity index (χ4v) is 3.68. The molecular weight excluding hydrogens is 354 g/mol. The van der Waals surface area contributed by atoms with Gasteiger partial charge in [0.15, 0.2) is 17.1 Å². The lowest BCUT2D eigenvalue weighted by atomic mass is 10.2. The first-order chi connectivity index (χ1) is 13.1. The summed E-state index contributed by atoms with van der Waals surface area (Å²) in [6.45, 7) is 10.7. The molecule has 3 rings (SSSR count). The number of aromatic nitrogens is 3. The van der Waals surface area contributed by atoms with Crippen LogP contribution in [0.5, 0.6) is 5.75 Å². The predicted octanol–water partition coefficient (Wildman–Crippen LogP) is 5.51. The van der Waals surface area contributed by atoms with E-state index in [1.807, 2.05) is 44.2 Å². The molecule has 1 aromatic heterocycles. The summed E-state index contributed by atoms with van der Waals surface area (Å²) in [5.74, 6) is 2.53. The molecule has 0 saturated carbocycles. The van der Waals surface area contributed by atoms with Crippen molar-refractivity contribution in [2.75, 3.05) is 0 Å². The van der Waals surface area contributed by atoms with E-state index in [2.05, 4.69) is 52.5 Å².